The van der Waals surface area contributed by atoms with Gasteiger partial charge in [0.1, 0.15) is 18.0 Å². The average Bonchev–Trinajstić information content (AvgIpc) is 3.05. The van der Waals surface area contributed by atoms with Crippen LogP contribution in [0.5, 0.6) is 0 Å². The van der Waals surface area contributed by atoms with Crippen LogP contribution in [0.25, 0.3) is 22.0 Å². The molecule has 0 atom stereocenters. The fourth-order valence-electron chi connectivity index (χ4n) is 5.81. The van der Waals surface area contributed by atoms with E-state index in [-0.39, 0.29) is 22.1 Å². The van der Waals surface area contributed by atoms with E-state index in [9.17, 15) is 4.39 Å². The minimum Gasteiger partial charge on any atom is -0.367 e. The number of aromatic nitrogens is 2. The number of hydrogen-bond donors (Lipinski definition) is 2. The summed E-state index contributed by atoms with van der Waals surface area (Å²) >= 11 is 6.14. The Morgan fingerprint density at radius 1 is 0.972 bits per heavy atom. The van der Waals surface area contributed by atoms with Crippen molar-refractivity contribution < 1.29 is 4.39 Å². The third kappa shape index (κ3) is 5.23. The van der Waals surface area contributed by atoms with Crippen LogP contribution >= 0.6 is 11.6 Å². The van der Waals surface area contributed by atoms with Crippen LogP contribution in [0.2, 0.25) is 5.02 Å². The molecule has 5 rings (SSSR count). The van der Waals surface area contributed by atoms with Crippen molar-refractivity contribution in [2.75, 3.05) is 5.32 Å². The van der Waals surface area contributed by atoms with Gasteiger partial charge in [-0.3, -0.25) is 0 Å². The standard InChI is InChI=1S/C30H32ClFN4/c1-29(2)16-21(17-30(3,4)36-29)35-28-24-14-19(11-13-27(24)33-18-34-28)22-8-6-5-7-9-23(22)20-10-12-26(32)25(31)15-20/h5-8,10-15,18,21,36H,9,16-17H2,1-4H3,(H,33,34,35). The Bertz CT molecular complexity index is 1390. The molecule has 186 valence electrons. The molecule has 1 aliphatic heterocycles. The Kier molecular flexibility index (Phi) is 6.48. The number of rotatable bonds is 4. The molecule has 1 saturated heterocycles. The number of nitrogens with zero attached hydrogens (tertiary/aromatic N) is 2. The molecule has 2 aromatic carbocycles. The predicted octanol–water partition coefficient (Wildman–Crippen LogP) is 7.57. The summed E-state index contributed by atoms with van der Waals surface area (Å²) in [5.74, 6) is 0.438. The van der Waals surface area contributed by atoms with Crippen LogP contribution in [-0.2, 0) is 0 Å². The highest BCUT2D eigenvalue weighted by molar-refractivity contribution is 6.31. The van der Waals surface area contributed by atoms with Gasteiger partial charge in [-0.05, 0) is 93.5 Å². The summed E-state index contributed by atoms with van der Waals surface area (Å²) in [5.41, 5.74) is 5.09. The van der Waals surface area contributed by atoms with Crippen molar-refractivity contribution in [3.63, 3.8) is 0 Å². The first-order chi connectivity index (χ1) is 17.1. The molecule has 1 fully saturated rings. The highest BCUT2D eigenvalue weighted by Gasteiger charge is 2.37. The summed E-state index contributed by atoms with van der Waals surface area (Å²) in [6.45, 7) is 9.00. The van der Waals surface area contributed by atoms with E-state index in [0.717, 1.165) is 58.3 Å². The van der Waals surface area contributed by atoms with Gasteiger partial charge in [-0.25, -0.2) is 14.4 Å². The lowest BCUT2D eigenvalue weighted by Crippen LogP contribution is -2.60. The zero-order valence-electron chi connectivity index (χ0n) is 21.2. The number of halogens is 2. The second kappa shape index (κ2) is 9.45. The van der Waals surface area contributed by atoms with Gasteiger partial charge in [-0.1, -0.05) is 48.0 Å². The summed E-state index contributed by atoms with van der Waals surface area (Å²) in [5, 5.41) is 8.60. The van der Waals surface area contributed by atoms with Crippen molar-refractivity contribution in [1.29, 1.82) is 0 Å². The number of fused-ring (bicyclic) bond motifs is 1. The highest BCUT2D eigenvalue weighted by atomic mass is 35.5. The molecule has 2 aliphatic rings. The van der Waals surface area contributed by atoms with Crippen LogP contribution in [0.15, 0.2) is 67.0 Å². The van der Waals surface area contributed by atoms with Crippen molar-refractivity contribution in [2.45, 2.75) is 64.1 Å². The lowest BCUT2D eigenvalue weighted by molar-refractivity contribution is 0.170. The summed E-state index contributed by atoms with van der Waals surface area (Å²) in [4.78, 5) is 9.18. The number of anilines is 1. The van der Waals surface area contributed by atoms with Gasteiger partial charge in [0.15, 0.2) is 0 Å². The van der Waals surface area contributed by atoms with Crippen LogP contribution in [0, 0.1) is 5.82 Å². The van der Waals surface area contributed by atoms with Crippen molar-refractivity contribution in [3.8, 4) is 0 Å². The van der Waals surface area contributed by atoms with Crippen LogP contribution in [0.1, 0.15) is 58.1 Å². The maximum Gasteiger partial charge on any atom is 0.141 e. The first kappa shape index (κ1) is 24.7. The fraction of sp³-hybridized carbons (Fsp3) is 0.333. The highest BCUT2D eigenvalue weighted by Crippen LogP contribution is 2.36. The van der Waals surface area contributed by atoms with E-state index in [4.69, 9.17) is 11.6 Å². The molecule has 0 amide bonds. The number of hydrogen-bond acceptors (Lipinski definition) is 4. The molecular formula is C30H32ClFN4. The largest absolute Gasteiger partial charge is 0.367 e. The first-order valence-corrected chi connectivity index (χ1v) is 12.8. The molecule has 0 saturated carbocycles. The van der Waals surface area contributed by atoms with Crippen molar-refractivity contribution in [1.82, 2.24) is 15.3 Å². The molecule has 2 heterocycles. The van der Waals surface area contributed by atoms with Crippen molar-refractivity contribution in [2.24, 2.45) is 0 Å². The second-order valence-corrected chi connectivity index (χ2v) is 11.5. The third-order valence-electron chi connectivity index (χ3n) is 6.90. The Labute approximate surface area is 217 Å². The number of nitrogens with one attached hydrogen (secondary N) is 2. The van der Waals surface area contributed by atoms with E-state index in [1.807, 2.05) is 18.2 Å². The molecule has 0 spiro atoms. The lowest BCUT2D eigenvalue weighted by atomic mass is 9.79. The normalized spacial score (nSPS) is 19.5. The maximum absolute atomic E-state index is 13.9. The number of benzene rings is 2. The Morgan fingerprint density at radius 2 is 1.72 bits per heavy atom. The SMILES string of the molecule is CC1(C)CC(Nc2ncnc3ccc(C4=C(c5ccc(F)c(Cl)c5)CC=CC=C4)cc23)CC(C)(C)N1. The minimum absolute atomic E-state index is 0.0295. The Balaban J connectivity index is 1.57. The smallest absolute Gasteiger partial charge is 0.141 e. The summed E-state index contributed by atoms with van der Waals surface area (Å²) in [6.07, 6.45) is 12.6. The van der Waals surface area contributed by atoms with Crippen LogP contribution in [0.3, 0.4) is 0 Å². The zero-order chi connectivity index (χ0) is 25.5. The van der Waals surface area contributed by atoms with Crippen molar-refractivity contribution in [3.05, 3.63) is 89.0 Å². The molecule has 36 heavy (non-hydrogen) atoms. The van der Waals surface area contributed by atoms with Gasteiger partial charge in [0, 0.05) is 22.5 Å². The molecule has 0 unspecified atom stereocenters. The van der Waals surface area contributed by atoms with Gasteiger partial charge >= 0.3 is 0 Å². The van der Waals surface area contributed by atoms with Crippen LogP contribution < -0.4 is 10.6 Å². The van der Waals surface area contributed by atoms with E-state index in [0.29, 0.717) is 0 Å². The first-order valence-electron chi connectivity index (χ1n) is 12.4. The maximum atomic E-state index is 13.9. The second-order valence-electron chi connectivity index (χ2n) is 11.1. The lowest BCUT2D eigenvalue weighted by Gasteiger charge is -2.46. The molecule has 4 nitrogen and oxygen atoms in total. The Morgan fingerprint density at radius 3 is 2.47 bits per heavy atom. The number of piperidine rings is 1. The molecule has 2 N–H and O–H groups in total. The minimum atomic E-state index is -0.412. The summed E-state index contributed by atoms with van der Waals surface area (Å²) < 4.78 is 13.9. The predicted molar refractivity (Wildman–Crippen MR) is 149 cm³/mol. The van der Waals surface area contributed by atoms with Gasteiger partial charge in [-0.2, -0.15) is 0 Å². The van der Waals surface area contributed by atoms with Gasteiger partial charge in [0.2, 0.25) is 0 Å². The zero-order valence-corrected chi connectivity index (χ0v) is 22.0. The topological polar surface area (TPSA) is 49.8 Å². The molecule has 0 radical (unpaired) electrons. The number of allylic oxidation sites excluding steroid dienone is 6. The summed E-state index contributed by atoms with van der Waals surface area (Å²) in [7, 11) is 0. The average molecular weight is 503 g/mol. The van der Waals surface area contributed by atoms with Gasteiger partial charge in [-0.15, -0.1) is 0 Å². The summed E-state index contributed by atoms with van der Waals surface area (Å²) in [6, 6.07) is 11.5. The molecule has 1 aliphatic carbocycles. The molecule has 6 heteroatoms. The quantitative estimate of drug-likeness (QED) is 0.386. The Hall–Kier alpha value is -3.02. The van der Waals surface area contributed by atoms with Crippen molar-refractivity contribution >= 4 is 39.5 Å². The van der Waals surface area contributed by atoms with Crippen LogP contribution in [0.4, 0.5) is 10.2 Å². The fourth-order valence-corrected chi connectivity index (χ4v) is 5.99. The van der Waals surface area contributed by atoms with Gasteiger partial charge in [0.05, 0.1) is 10.5 Å². The third-order valence-corrected chi connectivity index (χ3v) is 7.19. The van der Waals surface area contributed by atoms with E-state index in [1.54, 1.807) is 18.5 Å². The van der Waals surface area contributed by atoms with Crippen LogP contribution in [-0.4, -0.2) is 27.1 Å². The van der Waals surface area contributed by atoms with Gasteiger partial charge in [0.25, 0.3) is 0 Å². The molecule has 1 aromatic heterocycles. The van der Waals surface area contributed by atoms with E-state index < -0.39 is 5.82 Å². The molecule has 0 bridgehead atoms. The van der Waals surface area contributed by atoms with E-state index in [1.165, 1.54) is 6.07 Å². The van der Waals surface area contributed by atoms with E-state index >= 15 is 0 Å². The van der Waals surface area contributed by atoms with E-state index in [2.05, 4.69) is 72.6 Å². The monoisotopic (exact) mass is 502 g/mol. The molecule has 3 aromatic rings. The molecular weight excluding hydrogens is 471 g/mol. The van der Waals surface area contributed by atoms with Gasteiger partial charge < -0.3 is 10.6 Å².